The minimum Gasteiger partial charge on any atom is -0.458 e. The topological polar surface area (TPSA) is 122 Å². The Bertz CT molecular complexity index is 1560. The fourth-order valence-electron chi connectivity index (χ4n) is 4.84. The second kappa shape index (κ2) is 17.0. The summed E-state index contributed by atoms with van der Waals surface area (Å²) in [6.45, 7) is 13.5. The maximum absolute atomic E-state index is 14.6. The number of hydrogen-bond donors (Lipinski definition) is 0. The lowest BCUT2D eigenvalue weighted by molar-refractivity contribution is -0.170. The number of carbonyl (C=O) groups excluding carboxylic acids is 4. The van der Waals surface area contributed by atoms with E-state index in [4.69, 9.17) is 18.9 Å². The van der Waals surface area contributed by atoms with Crippen molar-refractivity contribution in [2.24, 2.45) is 0 Å². The SMILES string of the molecule is C=CC(=O)OCC(OC(=O)C=C)C(CCOCc1cc(C)c(C(=O)P(=O)(c2ccccc2)c2ccccc2)c(C)c1)OC(=O)C=C. The van der Waals surface area contributed by atoms with Gasteiger partial charge >= 0.3 is 17.9 Å². The molecule has 0 radical (unpaired) electrons. The molecule has 9 nitrogen and oxygen atoms in total. The summed E-state index contributed by atoms with van der Waals surface area (Å²) in [5, 5.41) is 0.918. The molecule has 0 N–H and O–H groups in total. The van der Waals surface area contributed by atoms with E-state index in [2.05, 4.69) is 19.7 Å². The summed E-state index contributed by atoms with van der Waals surface area (Å²) in [4.78, 5) is 49.7. The van der Waals surface area contributed by atoms with Gasteiger partial charge in [0.2, 0.25) is 12.7 Å². The standard InChI is InChI=1S/C36H37O9P/c1-6-32(37)43-24-31(45-34(39)8-3)30(44-33(38)7-2)19-20-42-23-27-21-25(4)35(26(5)22-27)36(40)46(41,28-15-11-9-12-16-28)29-17-13-10-14-18-29/h6-18,21-22,30-31H,1-3,19-20,23-24H2,4-5H3. The van der Waals surface area contributed by atoms with Crippen LogP contribution in [0, 0.1) is 13.8 Å². The number of ether oxygens (including phenoxy) is 4. The Kier molecular flexibility index (Phi) is 13.2. The molecule has 2 atom stereocenters. The minimum absolute atomic E-state index is 0.0582. The van der Waals surface area contributed by atoms with Crippen LogP contribution in [0.2, 0.25) is 0 Å². The number of hydrogen-bond acceptors (Lipinski definition) is 9. The molecule has 0 heterocycles. The molecule has 3 aromatic carbocycles. The van der Waals surface area contributed by atoms with E-state index >= 15 is 0 Å². The van der Waals surface area contributed by atoms with Crippen molar-refractivity contribution < 1.29 is 42.7 Å². The Labute approximate surface area is 268 Å². The molecule has 0 spiro atoms. The molecule has 0 aliphatic carbocycles. The normalized spacial score (nSPS) is 12.2. The Morgan fingerprint density at radius 1 is 0.739 bits per heavy atom. The number of esters is 3. The van der Waals surface area contributed by atoms with E-state index in [1.165, 1.54) is 0 Å². The van der Waals surface area contributed by atoms with Crippen molar-refractivity contribution >= 4 is 41.2 Å². The predicted molar refractivity (Wildman–Crippen MR) is 176 cm³/mol. The molecular formula is C36H37O9P. The highest BCUT2D eigenvalue weighted by molar-refractivity contribution is 7.93. The molecule has 0 amide bonds. The quantitative estimate of drug-likeness (QED) is 0.0634. The summed E-state index contributed by atoms with van der Waals surface area (Å²) in [6, 6.07) is 21.1. The van der Waals surface area contributed by atoms with Crippen molar-refractivity contribution in [2.45, 2.75) is 39.1 Å². The predicted octanol–water partition coefficient (Wildman–Crippen LogP) is 5.29. The van der Waals surface area contributed by atoms with Crippen LogP contribution in [0.4, 0.5) is 0 Å². The van der Waals surface area contributed by atoms with Gasteiger partial charge in [-0.1, -0.05) is 92.5 Å². The highest BCUT2D eigenvalue weighted by Gasteiger charge is 2.38. The fourth-order valence-corrected chi connectivity index (χ4v) is 7.45. The van der Waals surface area contributed by atoms with Gasteiger partial charge in [0, 0.05) is 40.8 Å². The molecule has 0 saturated carbocycles. The van der Waals surface area contributed by atoms with Gasteiger partial charge in [0.25, 0.3) is 0 Å². The lowest BCUT2D eigenvalue weighted by Gasteiger charge is -2.26. The number of aryl methyl sites for hydroxylation is 2. The van der Waals surface area contributed by atoms with Crippen LogP contribution in [0.15, 0.2) is 111 Å². The Balaban J connectivity index is 1.79. The summed E-state index contributed by atoms with van der Waals surface area (Å²) in [6.07, 6.45) is 0.723. The zero-order valence-electron chi connectivity index (χ0n) is 25.9. The van der Waals surface area contributed by atoms with Gasteiger partial charge in [-0.3, -0.25) is 4.79 Å². The molecule has 2 unspecified atom stereocenters. The highest BCUT2D eigenvalue weighted by Crippen LogP contribution is 2.48. The molecule has 0 aliphatic rings. The molecule has 0 bridgehead atoms. The zero-order valence-corrected chi connectivity index (χ0v) is 26.8. The van der Waals surface area contributed by atoms with Gasteiger partial charge in [0.1, 0.15) is 12.7 Å². The lowest BCUT2D eigenvalue weighted by Crippen LogP contribution is -2.39. The molecule has 0 aromatic heterocycles. The van der Waals surface area contributed by atoms with Crippen molar-refractivity contribution in [1.29, 1.82) is 0 Å². The van der Waals surface area contributed by atoms with Crippen LogP contribution in [0.1, 0.15) is 33.5 Å². The van der Waals surface area contributed by atoms with Crippen LogP contribution >= 0.6 is 7.14 Å². The highest BCUT2D eigenvalue weighted by atomic mass is 31.2. The summed E-state index contributed by atoms with van der Waals surface area (Å²) >= 11 is 0. The Morgan fingerprint density at radius 2 is 1.22 bits per heavy atom. The van der Waals surface area contributed by atoms with E-state index in [0.717, 1.165) is 23.8 Å². The molecule has 0 fully saturated rings. The smallest absolute Gasteiger partial charge is 0.330 e. The molecule has 3 aromatic rings. The molecule has 3 rings (SSSR count). The maximum atomic E-state index is 14.6. The minimum atomic E-state index is -3.69. The molecule has 240 valence electrons. The molecule has 46 heavy (non-hydrogen) atoms. The summed E-state index contributed by atoms with van der Waals surface area (Å²) < 4.78 is 36.2. The van der Waals surface area contributed by atoms with Crippen LogP contribution in [-0.4, -0.2) is 48.9 Å². The van der Waals surface area contributed by atoms with E-state index in [9.17, 15) is 23.7 Å². The third-order valence-electron chi connectivity index (χ3n) is 6.99. The van der Waals surface area contributed by atoms with Gasteiger partial charge in [0.05, 0.1) is 13.2 Å². The van der Waals surface area contributed by atoms with Crippen molar-refractivity contribution in [2.75, 3.05) is 13.2 Å². The van der Waals surface area contributed by atoms with E-state index in [0.29, 0.717) is 27.3 Å². The average molecular weight is 645 g/mol. The number of benzene rings is 3. The van der Waals surface area contributed by atoms with Gasteiger partial charge in [-0.25, -0.2) is 14.4 Å². The summed E-state index contributed by atoms with van der Waals surface area (Å²) in [7, 11) is -3.69. The fraction of sp³-hybridized carbons (Fsp3) is 0.222. The van der Waals surface area contributed by atoms with Crippen LogP contribution in [-0.2, 0) is 44.5 Å². The van der Waals surface area contributed by atoms with Crippen LogP contribution < -0.4 is 10.6 Å². The van der Waals surface area contributed by atoms with Gasteiger partial charge in [0.15, 0.2) is 6.10 Å². The first-order chi connectivity index (χ1) is 22.0. The first-order valence-corrected chi connectivity index (χ1v) is 16.1. The van der Waals surface area contributed by atoms with E-state index in [1.807, 2.05) is 12.1 Å². The van der Waals surface area contributed by atoms with Crippen molar-refractivity contribution in [3.8, 4) is 0 Å². The summed E-state index contributed by atoms with van der Waals surface area (Å²) in [5.41, 5.74) is 1.99. The maximum Gasteiger partial charge on any atom is 0.330 e. The lowest BCUT2D eigenvalue weighted by atomic mass is 10.0. The zero-order chi connectivity index (χ0) is 33.7. The Hall–Kier alpha value is -4.85. The molecule has 0 aliphatic heterocycles. The van der Waals surface area contributed by atoms with E-state index in [1.54, 1.807) is 74.5 Å². The number of rotatable bonds is 17. The third-order valence-corrected chi connectivity index (χ3v) is 9.83. The van der Waals surface area contributed by atoms with Crippen LogP contribution in [0.3, 0.4) is 0 Å². The van der Waals surface area contributed by atoms with Gasteiger partial charge < -0.3 is 23.5 Å². The summed E-state index contributed by atoms with van der Waals surface area (Å²) in [5.74, 6) is -2.32. The van der Waals surface area contributed by atoms with Crippen molar-refractivity contribution in [3.63, 3.8) is 0 Å². The van der Waals surface area contributed by atoms with Gasteiger partial charge in [-0.15, -0.1) is 0 Å². The first-order valence-electron chi connectivity index (χ1n) is 14.4. The number of carbonyl (C=O) groups is 4. The van der Waals surface area contributed by atoms with Crippen molar-refractivity contribution in [1.82, 2.24) is 0 Å². The van der Waals surface area contributed by atoms with E-state index < -0.39 is 49.4 Å². The van der Waals surface area contributed by atoms with Gasteiger partial charge in [-0.2, -0.15) is 0 Å². The largest absolute Gasteiger partial charge is 0.458 e. The van der Waals surface area contributed by atoms with E-state index in [-0.39, 0.29) is 19.6 Å². The second-order valence-corrected chi connectivity index (χ2v) is 12.9. The molecule has 0 saturated heterocycles. The molecular weight excluding hydrogens is 607 g/mol. The third kappa shape index (κ3) is 9.10. The van der Waals surface area contributed by atoms with Gasteiger partial charge in [-0.05, 0) is 30.5 Å². The van der Waals surface area contributed by atoms with Crippen LogP contribution in [0.25, 0.3) is 0 Å². The monoisotopic (exact) mass is 644 g/mol. The second-order valence-electron chi connectivity index (χ2n) is 10.2. The Morgan fingerprint density at radius 3 is 1.70 bits per heavy atom. The van der Waals surface area contributed by atoms with Crippen molar-refractivity contribution in [3.05, 3.63) is 133 Å². The average Bonchev–Trinajstić information content (AvgIpc) is 3.07. The van der Waals surface area contributed by atoms with Crippen LogP contribution in [0.5, 0.6) is 0 Å². The molecule has 10 heteroatoms. The first kappa shape index (κ1) is 35.6.